The molecule has 0 saturated heterocycles. The van der Waals surface area contributed by atoms with Gasteiger partial charge in [0.1, 0.15) is 11.5 Å². The van der Waals surface area contributed by atoms with E-state index < -0.39 is 12.3 Å². The molecular weight excluding hydrogens is 371 g/mol. The van der Waals surface area contributed by atoms with Crippen LogP contribution in [0.4, 0.5) is 13.2 Å². The average molecular weight is 385 g/mol. The Morgan fingerprint density at radius 2 is 1.89 bits per heavy atom. The molecule has 28 heavy (non-hydrogen) atoms. The SMILES string of the molecule is CC(c1cccc(F)c1)n1ccnc1-c1cc(-c2nnc(C(F)F)o2)ccn1. The molecule has 142 valence electrons. The molecule has 0 bridgehead atoms. The number of hydrogen-bond donors (Lipinski definition) is 0. The van der Waals surface area contributed by atoms with Crippen molar-refractivity contribution < 1.29 is 17.6 Å². The highest BCUT2D eigenvalue weighted by Gasteiger charge is 2.19. The number of alkyl halides is 2. The molecule has 0 fully saturated rings. The summed E-state index contributed by atoms with van der Waals surface area (Å²) in [7, 11) is 0. The topological polar surface area (TPSA) is 69.6 Å². The van der Waals surface area contributed by atoms with Crippen molar-refractivity contribution in [3.05, 3.63) is 72.3 Å². The molecule has 0 aliphatic rings. The predicted molar refractivity (Wildman–Crippen MR) is 93.9 cm³/mol. The van der Waals surface area contributed by atoms with Crippen molar-refractivity contribution in [3.63, 3.8) is 0 Å². The standard InChI is InChI=1S/C19H14F3N5O/c1-11(12-3-2-4-14(20)9-12)27-8-7-24-17(27)15-10-13(5-6-23-15)18-25-26-19(28-18)16(21)22/h2-11,16H,1H3. The Morgan fingerprint density at radius 3 is 2.64 bits per heavy atom. The summed E-state index contributed by atoms with van der Waals surface area (Å²) in [6.45, 7) is 1.91. The second-order valence-corrected chi connectivity index (χ2v) is 6.07. The maximum Gasteiger partial charge on any atom is 0.314 e. The summed E-state index contributed by atoms with van der Waals surface area (Å²) < 4.78 is 45.8. The summed E-state index contributed by atoms with van der Waals surface area (Å²) in [5.74, 6) is -0.561. The highest BCUT2D eigenvalue weighted by molar-refractivity contribution is 5.61. The minimum Gasteiger partial charge on any atom is -0.415 e. The van der Waals surface area contributed by atoms with E-state index in [-0.39, 0.29) is 17.7 Å². The fourth-order valence-electron chi connectivity index (χ4n) is 2.88. The van der Waals surface area contributed by atoms with Crippen LogP contribution in [-0.4, -0.2) is 24.7 Å². The minimum atomic E-state index is -2.84. The van der Waals surface area contributed by atoms with Crippen LogP contribution >= 0.6 is 0 Å². The molecule has 0 spiro atoms. The lowest BCUT2D eigenvalue weighted by molar-refractivity contribution is 0.116. The Balaban J connectivity index is 1.70. The molecule has 9 heteroatoms. The lowest BCUT2D eigenvalue weighted by Crippen LogP contribution is -2.08. The third kappa shape index (κ3) is 3.38. The smallest absolute Gasteiger partial charge is 0.314 e. The van der Waals surface area contributed by atoms with Crippen LogP contribution in [0, 0.1) is 5.82 Å². The quantitative estimate of drug-likeness (QED) is 0.499. The molecule has 3 heterocycles. The van der Waals surface area contributed by atoms with Gasteiger partial charge in [-0.15, -0.1) is 10.2 Å². The Bertz CT molecular complexity index is 1110. The third-order valence-corrected chi connectivity index (χ3v) is 4.28. The monoisotopic (exact) mass is 385 g/mol. The summed E-state index contributed by atoms with van der Waals surface area (Å²) in [5, 5.41) is 6.99. The van der Waals surface area contributed by atoms with E-state index >= 15 is 0 Å². The highest BCUT2D eigenvalue weighted by Crippen LogP contribution is 2.28. The molecule has 0 saturated carbocycles. The normalized spacial score (nSPS) is 12.5. The van der Waals surface area contributed by atoms with Crippen molar-refractivity contribution in [3.8, 4) is 23.0 Å². The molecule has 0 N–H and O–H groups in total. The minimum absolute atomic E-state index is 0.0322. The molecule has 0 amide bonds. The molecule has 3 aromatic heterocycles. The van der Waals surface area contributed by atoms with E-state index in [9.17, 15) is 13.2 Å². The van der Waals surface area contributed by atoms with E-state index in [0.717, 1.165) is 5.56 Å². The van der Waals surface area contributed by atoms with E-state index in [0.29, 0.717) is 17.1 Å². The van der Waals surface area contributed by atoms with E-state index in [2.05, 4.69) is 20.2 Å². The second-order valence-electron chi connectivity index (χ2n) is 6.07. The van der Waals surface area contributed by atoms with Crippen LogP contribution < -0.4 is 0 Å². The van der Waals surface area contributed by atoms with Crippen molar-refractivity contribution >= 4 is 0 Å². The molecule has 0 aliphatic carbocycles. The lowest BCUT2D eigenvalue weighted by atomic mass is 10.1. The van der Waals surface area contributed by atoms with Gasteiger partial charge in [0.2, 0.25) is 5.89 Å². The van der Waals surface area contributed by atoms with E-state index in [1.165, 1.54) is 18.3 Å². The summed E-state index contributed by atoms with van der Waals surface area (Å²) in [6.07, 6.45) is 2.04. The molecule has 1 aromatic carbocycles. The van der Waals surface area contributed by atoms with Crippen LogP contribution in [0.3, 0.4) is 0 Å². The van der Waals surface area contributed by atoms with Gasteiger partial charge in [-0.05, 0) is 36.8 Å². The second kappa shape index (κ2) is 7.26. The van der Waals surface area contributed by atoms with Crippen LogP contribution in [0.1, 0.15) is 30.8 Å². The van der Waals surface area contributed by atoms with Crippen molar-refractivity contribution in [2.24, 2.45) is 0 Å². The number of benzene rings is 1. The predicted octanol–water partition coefficient (Wildman–Crippen LogP) is 4.68. The Kier molecular flexibility index (Phi) is 4.64. The van der Waals surface area contributed by atoms with Gasteiger partial charge >= 0.3 is 6.43 Å². The van der Waals surface area contributed by atoms with E-state index in [1.807, 2.05) is 17.6 Å². The molecule has 0 radical (unpaired) electrons. The van der Waals surface area contributed by atoms with Crippen LogP contribution in [0.5, 0.6) is 0 Å². The number of hydrogen-bond acceptors (Lipinski definition) is 5. The Morgan fingerprint density at radius 1 is 1.04 bits per heavy atom. The van der Waals surface area contributed by atoms with E-state index in [4.69, 9.17) is 4.42 Å². The van der Waals surface area contributed by atoms with Gasteiger partial charge in [-0.1, -0.05) is 12.1 Å². The number of halogens is 3. The fraction of sp³-hybridized carbons (Fsp3) is 0.158. The zero-order valence-electron chi connectivity index (χ0n) is 14.6. The molecule has 0 aliphatic heterocycles. The lowest BCUT2D eigenvalue weighted by Gasteiger charge is -2.17. The van der Waals surface area contributed by atoms with Gasteiger partial charge in [0.15, 0.2) is 5.82 Å². The van der Waals surface area contributed by atoms with Gasteiger partial charge in [-0.3, -0.25) is 4.98 Å². The molecule has 1 unspecified atom stereocenters. The highest BCUT2D eigenvalue weighted by atomic mass is 19.3. The van der Waals surface area contributed by atoms with Gasteiger partial charge < -0.3 is 8.98 Å². The summed E-state index contributed by atoms with van der Waals surface area (Å²) in [5.41, 5.74) is 1.70. The van der Waals surface area contributed by atoms with Gasteiger partial charge in [0.05, 0.1) is 6.04 Å². The van der Waals surface area contributed by atoms with Crippen LogP contribution in [0.25, 0.3) is 23.0 Å². The van der Waals surface area contributed by atoms with Crippen molar-refractivity contribution in [2.75, 3.05) is 0 Å². The molecule has 4 aromatic rings. The first-order valence-corrected chi connectivity index (χ1v) is 8.39. The Hall–Kier alpha value is -3.49. The van der Waals surface area contributed by atoms with Crippen LogP contribution in [-0.2, 0) is 0 Å². The molecule has 6 nitrogen and oxygen atoms in total. The van der Waals surface area contributed by atoms with Gasteiger partial charge in [-0.2, -0.15) is 8.78 Å². The number of pyridine rings is 1. The first-order valence-electron chi connectivity index (χ1n) is 8.39. The third-order valence-electron chi connectivity index (χ3n) is 4.28. The fourth-order valence-corrected chi connectivity index (χ4v) is 2.88. The average Bonchev–Trinajstić information content (AvgIpc) is 3.37. The summed E-state index contributed by atoms with van der Waals surface area (Å²) in [6, 6.07) is 9.32. The molecule has 1 atom stereocenters. The van der Waals surface area contributed by atoms with Gasteiger partial charge in [0, 0.05) is 24.2 Å². The maximum absolute atomic E-state index is 13.6. The van der Waals surface area contributed by atoms with Crippen LogP contribution in [0.15, 0.2) is 59.4 Å². The summed E-state index contributed by atoms with van der Waals surface area (Å²) in [4.78, 5) is 8.65. The zero-order valence-corrected chi connectivity index (χ0v) is 14.6. The largest absolute Gasteiger partial charge is 0.415 e. The first-order chi connectivity index (χ1) is 13.5. The van der Waals surface area contributed by atoms with Gasteiger partial charge in [0.25, 0.3) is 5.89 Å². The van der Waals surface area contributed by atoms with Gasteiger partial charge in [-0.25, -0.2) is 9.37 Å². The van der Waals surface area contributed by atoms with Crippen LogP contribution in [0.2, 0.25) is 0 Å². The summed E-state index contributed by atoms with van der Waals surface area (Å²) >= 11 is 0. The number of imidazole rings is 1. The number of nitrogens with zero attached hydrogens (tertiary/aromatic N) is 5. The zero-order chi connectivity index (χ0) is 19.7. The molecular formula is C19H14F3N5O. The number of rotatable bonds is 5. The van der Waals surface area contributed by atoms with Crippen molar-refractivity contribution in [1.29, 1.82) is 0 Å². The Labute approximate surface area is 157 Å². The van der Waals surface area contributed by atoms with Crippen molar-refractivity contribution in [2.45, 2.75) is 19.4 Å². The number of aromatic nitrogens is 5. The maximum atomic E-state index is 13.6. The first kappa shape index (κ1) is 17.9. The molecule has 4 rings (SSSR count). The van der Waals surface area contributed by atoms with Crippen molar-refractivity contribution in [1.82, 2.24) is 24.7 Å². The van der Waals surface area contributed by atoms with E-state index in [1.54, 1.807) is 30.6 Å².